The van der Waals surface area contributed by atoms with Gasteiger partial charge >= 0.3 is 0 Å². The van der Waals surface area contributed by atoms with Gasteiger partial charge in [-0.05, 0) is 20.8 Å². The molecule has 1 heterocycles. The lowest BCUT2D eigenvalue weighted by Gasteiger charge is -2.31. The van der Waals surface area contributed by atoms with Crippen molar-refractivity contribution in [2.24, 2.45) is 0 Å². The molecular formula is C11H22BN3O. The van der Waals surface area contributed by atoms with Gasteiger partial charge in [-0.2, -0.15) is 0 Å². The lowest BCUT2D eigenvalue weighted by atomic mass is 9.84. The van der Waals surface area contributed by atoms with Crippen molar-refractivity contribution in [3.8, 4) is 0 Å². The maximum Gasteiger partial charge on any atom is 0.265 e. The zero-order valence-corrected chi connectivity index (χ0v) is 11.2. The third-order valence-electron chi connectivity index (χ3n) is 3.02. The number of rotatable bonds is 5. The topological polar surface area (TPSA) is 39.9 Å². The summed E-state index contributed by atoms with van der Waals surface area (Å²) in [5, 5.41) is 8.29. The van der Waals surface area contributed by atoms with Crippen molar-refractivity contribution in [3.05, 3.63) is 11.9 Å². The molecule has 0 aromatic carbocycles. The van der Waals surface area contributed by atoms with Crippen LogP contribution in [-0.4, -0.2) is 34.5 Å². The van der Waals surface area contributed by atoms with Gasteiger partial charge in [0.15, 0.2) is 0 Å². The van der Waals surface area contributed by atoms with Crippen LogP contribution in [0.3, 0.4) is 0 Å². The Bertz CT molecular complexity index is 336. The maximum absolute atomic E-state index is 5.84. The minimum Gasteiger partial charge on any atom is -0.375 e. The van der Waals surface area contributed by atoms with Crippen LogP contribution in [0.25, 0.3) is 0 Å². The van der Waals surface area contributed by atoms with Crippen LogP contribution in [0.15, 0.2) is 6.20 Å². The summed E-state index contributed by atoms with van der Waals surface area (Å²) < 4.78 is 7.68. The zero-order valence-electron chi connectivity index (χ0n) is 11.2. The van der Waals surface area contributed by atoms with Crippen LogP contribution in [0.4, 0.5) is 0 Å². The number of nitrogens with zero attached hydrogens (tertiary/aromatic N) is 3. The van der Waals surface area contributed by atoms with Crippen LogP contribution in [0.2, 0.25) is 6.82 Å². The second-order valence-electron chi connectivity index (χ2n) is 5.01. The van der Waals surface area contributed by atoms with Crippen LogP contribution in [0, 0.1) is 0 Å². The smallest absolute Gasteiger partial charge is 0.265 e. The molecule has 1 aromatic rings. The molecule has 1 rings (SSSR count). The summed E-state index contributed by atoms with van der Waals surface area (Å²) in [5.41, 5.74) is 0.875. The van der Waals surface area contributed by atoms with Gasteiger partial charge in [0.1, 0.15) is 0 Å². The number of ether oxygens (including phenoxy) is 1. The second kappa shape index (κ2) is 5.00. The van der Waals surface area contributed by atoms with Crippen LogP contribution in [-0.2, 0) is 10.2 Å². The van der Waals surface area contributed by atoms with E-state index < -0.39 is 0 Å². The van der Waals surface area contributed by atoms with Crippen LogP contribution < -0.4 is 0 Å². The molecule has 0 radical (unpaired) electrons. The van der Waals surface area contributed by atoms with Crippen molar-refractivity contribution >= 4 is 7.41 Å². The molecule has 1 unspecified atom stereocenters. The normalized spacial score (nSPS) is 14.2. The van der Waals surface area contributed by atoms with Gasteiger partial charge in [-0.1, -0.05) is 25.9 Å². The lowest BCUT2D eigenvalue weighted by molar-refractivity contribution is -0.0206. The summed E-state index contributed by atoms with van der Waals surface area (Å²) in [7, 11) is 0.850. The van der Waals surface area contributed by atoms with E-state index in [0.29, 0.717) is 0 Å². The number of hydrogen-bond donors (Lipinski definition) is 0. The highest BCUT2D eigenvalue weighted by Gasteiger charge is 2.32. The van der Waals surface area contributed by atoms with E-state index in [9.17, 15) is 0 Å². The minimum absolute atomic E-state index is 0.113. The molecule has 0 fully saturated rings. The predicted molar refractivity (Wildman–Crippen MR) is 67.1 cm³/mol. The Hall–Kier alpha value is -0.835. The van der Waals surface area contributed by atoms with E-state index in [2.05, 4.69) is 51.8 Å². The summed E-state index contributed by atoms with van der Waals surface area (Å²) >= 11 is 0. The molecular weight excluding hydrogens is 201 g/mol. The molecule has 0 saturated heterocycles. The van der Waals surface area contributed by atoms with E-state index in [1.54, 1.807) is 0 Å². The fourth-order valence-corrected chi connectivity index (χ4v) is 1.53. The third-order valence-corrected chi connectivity index (χ3v) is 3.02. The standard InChI is InChI=1S/C11H22BN3O/c1-8(2)16-9(3)11(4,5)10-7-15(12-6)14-13-10/h7-9,12H,1-6H3. The summed E-state index contributed by atoms with van der Waals surface area (Å²) in [5.74, 6) is 0. The number of aromatic nitrogens is 3. The molecule has 5 heteroatoms. The Morgan fingerprint density at radius 3 is 2.44 bits per heavy atom. The van der Waals surface area contributed by atoms with Gasteiger partial charge < -0.3 is 9.33 Å². The Morgan fingerprint density at radius 2 is 2.00 bits per heavy atom. The van der Waals surface area contributed by atoms with Crippen LogP contribution in [0.1, 0.15) is 40.3 Å². The quantitative estimate of drug-likeness (QED) is 0.712. The average molecular weight is 223 g/mol. The largest absolute Gasteiger partial charge is 0.375 e. The van der Waals surface area contributed by atoms with Crippen molar-refractivity contribution in [2.45, 2.75) is 59.1 Å². The molecule has 0 amide bonds. The Morgan fingerprint density at radius 1 is 1.38 bits per heavy atom. The molecule has 0 N–H and O–H groups in total. The highest BCUT2D eigenvalue weighted by atomic mass is 16.5. The predicted octanol–water partition coefficient (Wildman–Crippen LogP) is 1.62. The Balaban J connectivity index is 2.83. The SMILES string of the molecule is CBn1cc(C(C)(C)C(C)OC(C)C)nn1. The first-order valence-electron chi connectivity index (χ1n) is 5.94. The molecule has 0 aliphatic carbocycles. The van der Waals surface area contributed by atoms with Gasteiger partial charge in [0.05, 0.1) is 17.9 Å². The maximum atomic E-state index is 5.84. The van der Waals surface area contributed by atoms with Crippen molar-refractivity contribution in [2.75, 3.05) is 0 Å². The first-order chi connectivity index (χ1) is 7.37. The molecule has 16 heavy (non-hydrogen) atoms. The van der Waals surface area contributed by atoms with E-state index in [1.165, 1.54) is 0 Å². The van der Waals surface area contributed by atoms with Gasteiger partial charge in [-0.3, -0.25) is 0 Å². The highest BCUT2D eigenvalue weighted by molar-refractivity contribution is 6.30. The molecule has 0 spiro atoms. The summed E-state index contributed by atoms with van der Waals surface area (Å²) in [6.07, 6.45) is 2.35. The van der Waals surface area contributed by atoms with Gasteiger partial charge in [0.25, 0.3) is 7.41 Å². The minimum atomic E-state index is -0.113. The van der Waals surface area contributed by atoms with Crippen LogP contribution in [0.5, 0.6) is 0 Å². The fourth-order valence-electron chi connectivity index (χ4n) is 1.53. The summed E-state index contributed by atoms with van der Waals surface area (Å²) in [4.78, 5) is 0. The zero-order chi connectivity index (χ0) is 12.3. The van der Waals surface area contributed by atoms with Gasteiger partial charge in [-0.15, -0.1) is 5.10 Å². The third kappa shape index (κ3) is 2.85. The molecule has 90 valence electrons. The monoisotopic (exact) mass is 223 g/mol. The fraction of sp³-hybridized carbons (Fsp3) is 0.818. The van der Waals surface area contributed by atoms with E-state index in [-0.39, 0.29) is 17.6 Å². The van der Waals surface area contributed by atoms with Gasteiger partial charge in [0, 0.05) is 11.6 Å². The summed E-state index contributed by atoms with van der Waals surface area (Å²) in [6, 6.07) is 0. The molecule has 0 aliphatic heterocycles. The molecule has 1 aromatic heterocycles. The molecule has 0 saturated carbocycles. The first-order valence-corrected chi connectivity index (χ1v) is 5.94. The van der Waals surface area contributed by atoms with Crippen molar-refractivity contribution in [1.82, 2.24) is 14.9 Å². The van der Waals surface area contributed by atoms with Crippen molar-refractivity contribution < 1.29 is 4.74 Å². The van der Waals surface area contributed by atoms with Crippen molar-refractivity contribution in [3.63, 3.8) is 0 Å². The van der Waals surface area contributed by atoms with E-state index in [4.69, 9.17) is 4.74 Å². The lowest BCUT2D eigenvalue weighted by Crippen LogP contribution is -2.35. The molecule has 4 nitrogen and oxygen atoms in total. The van der Waals surface area contributed by atoms with Gasteiger partial charge in [-0.25, -0.2) is 0 Å². The summed E-state index contributed by atoms with van der Waals surface area (Å²) in [6.45, 7) is 12.5. The molecule has 1 atom stereocenters. The van der Waals surface area contributed by atoms with E-state index >= 15 is 0 Å². The highest BCUT2D eigenvalue weighted by Crippen LogP contribution is 2.27. The number of hydrogen-bond acceptors (Lipinski definition) is 3. The molecule has 0 aliphatic rings. The van der Waals surface area contributed by atoms with Gasteiger partial charge in [0.2, 0.25) is 0 Å². The van der Waals surface area contributed by atoms with E-state index in [0.717, 1.165) is 13.1 Å². The Kier molecular flexibility index (Phi) is 4.13. The Labute approximate surface area is 98.6 Å². The molecule has 0 bridgehead atoms. The van der Waals surface area contributed by atoms with E-state index in [1.807, 2.05) is 10.8 Å². The average Bonchev–Trinajstić information content (AvgIpc) is 2.65. The first kappa shape index (κ1) is 13.2. The van der Waals surface area contributed by atoms with Crippen LogP contribution >= 0.6 is 0 Å². The van der Waals surface area contributed by atoms with Crippen molar-refractivity contribution in [1.29, 1.82) is 0 Å². The second-order valence-corrected chi connectivity index (χ2v) is 5.01.